The lowest BCUT2D eigenvalue weighted by Crippen LogP contribution is -2.16. The van der Waals surface area contributed by atoms with Crippen LogP contribution in [-0.2, 0) is 6.54 Å². The maximum Gasteiger partial charge on any atom is 0.433 e. The molecule has 0 spiro atoms. The zero-order chi connectivity index (χ0) is 18.1. The Morgan fingerprint density at radius 1 is 1.44 bits per heavy atom. The van der Waals surface area contributed by atoms with Crippen molar-refractivity contribution in [3.05, 3.63) is 56.1 Å². The van der Waals surface area contributed by atoms with Crippen LogP contribution in [0.25, 0.3) is 10.2 Å². The second-order valence-corrected chi connectivity index (χ2v) is 6.42. The van der Waals surface area contributed by atoms with Gasteiger partial charge in [-0.15, -0.1) is 6.42 Å². The smallest absolute Gasteiger partial charge is 0.395 e. The Balaban J connectivity index is 2.16. The number of carbonyl (C=O) groups excluding carboxylic acids is 1. The van der Waals surface area contributed by atoms with E-state index in [1.807, 2.05) is 26.0 Å². The van der Waals surface area contributed by atoms with Gasteiger partial charge in [0.2, 0.25) is 5.76 Å². The highest BCUT2D eigenvalue weighted by Gasteiger charge is 2.17. The number of fused-ring (bicyclic) bond motifs is 1. The van der Waals surface area contributed by atoms with Gasteiger partial charge in [0.25, 0.3) is 0 Å². The molecule has 126 valence electrons. The molecule has 0 N–H and O–H groups in total. The molecule has 25 heavy (non-hydrogen) atoms. The molecule has 0 bridgehead atoms. The molecule has 0 aliphatic rings. The van der Waals surface area contributed by atoms with Gasteiger partial charge in [-0.05, 0) is 37.1 Å². The van der Waals surface area contributed by atoms with Crippen LogP contribution in [0.3, 0.4) is 0 Å². The predicted octanol–water partition coefficient (Wildman–Crippen LogP) is 3.20. The molecule has 2 heterocycles. The van der Waals surface area contributed by atoms with Crippen LogP contribution in [0.15, 0.2) is 33.7 Å². The Morgan fingerprint density at radius 3 is 2.84 bits per heavy atom. The van der Waals surface area contributed by atoms with Crippen LogP contribution < -0.4 is 4.80 Å². The average Bonchev–Trinajstić information content (AvgIpc) is 3.13. The van der Waals surface area contributed by atoms with E-state index in [4.69, 9.17) is 10.8 Å². The van der Waals surface area contributed by atoms with Gasteiger partial charge < -0.3 is 8.98 Å². The molecule has 3 aromatic rings. The van der Waals surface area contributed by atoms with Crippen molar-refractivity contribution in [1.82, 2.24) is 4.57 Å². The van der Waals surface area contributed by atoms with Gasteiger partial charge in [-0.3, -0.25) is 14.9 Å². The molecule has 1 aromatic carbocycles. The maximum atomic E-state index is 12.3. The molecule has 0 saturated heterocycles. The number of carbonyl (C=O) groups is 1. The van der Waals surface area contributed by atoms with Gasteiger partial charge >= 0.3 is 11.8 Å². The van der Waals surface area contributed by atoms with Crippen molar-refractivity contribution in [2.45, 2.75) is 20.4 Å². The van der Waals surface area contributed by atoms with E-state index in [1.54, 1.807) is 4.57 Å². The number of terminal acetylenes is 1. The highest BCUT2D eigenvalue weighted by atomic mass is 32.1. The summed E-state index contributed by atoms with van der Waals surface area (Å²) in [5.41, 5.74) is 3.05. The summed E-state index contributed by atoms with van der Waals surface area (Å²) in [6.07, 6.45) is 5.45. The molecule has 0 atom stereocenters. The zero-order valence-corrected chi connectivity index (χ0v) is 14.3. The highest BCUT2D eigenvalue weighted by Crippen LogP contribution is 2.23. The molecule has 1 amide bonds. The molecule has 3 rings (SSSR count). The molecule has 2 aromatic heterocycles. The average molecular weight is 355 g/mol. The number of amides is 1. The molecular weight excluding hydrogens is 342 g/mol. The summed E-state index contributed by atoms with van der Waals surface area (Å²) < 4.78 is 7.65. The van der Waals surface area contributed by atoms with Gasteiger partial charge in [0.1, 0.15) is 4.92 Å². The van der Waals surface area contributed by atoms with Crippen molar-refractivity contribution in [3.63, 3.8) is 0 Å². The van der Waals surface area contributed by atoms with Crippen LogP contribution in [0, 0.1) is 36.3 Å². The minimum atomic E-state index is -0.707. The first kappa shape index (κ1) is 16.7. The number of benzene rings is 1. The van der Waals surface area contributed by atoms with E-state index in [-0.39, 0.29) is 12.3 Å². The van der Waals surface area contributed by atoms with Crippen LogP contribution in [-0.4, -0.2) is 15.4 Å². The number of nitro groups is 1. The third-order valence-corrected chi connectivity index (χ3v) is 4.57. The number of hydrogen-bond donors (Lipinski definition) is 0. The number of rotatable bonds is 3. The summed E-state index contributed by atoms with van der Waals surface area (Å²) >= 11 is 1.33. The SMILES string of the molecule is C#CCn1c(=NC(=O)c2ccc([N+](=O)[O-])o2)sc2cc(C)cc(C)c21. The molecule has 8 heteroatoms. The van der Waals surface area contributed by atoms with Crippen LogP contribution in [0.2, 0.25) is 0 Å². The standard InChI is InChI=1S/C17H13N3O4S/c1-4-7-19-15-11(3)8-10(2)9-13(15)25-17(19)18-16(21)12-5-6-14(24-12)20(22)23/h1,5-6,8-9H,7H2,2-3H3. The predicted molar refractivity (Wildman–Crippen MR) is 93.4 cm³/mol. The first-order valence-electron chi connectivity index (χ1n) is 7.28. The Labute approximate surface area is 146 Å². The number of furan rings is 1. The van der Waals surface area contributed by atoms with Gasteiger partial charge in [-0.2, -0.15) is 4.99 Å². The summed E-state index contributed by atoms with van der Waals surface area (Å²) in [5, 5.41) is 10.7. The molecule has 7 nitrogen and oxygen atoms in total. The molecule has 0 fully saturated rings. The fourth-order valence-electron chi connectivity index (χ4n) is 2.60. The van der Waals surface area contributed by atoms with E-state index in [1.165, 1.54) is 17.4 Å². The van der Waals surface area contributed by atoms with Crippen molar-refractivity contribution in [2.24, 2.45) is 4.99 Å². The minimum absolute atomic E-state index is 0.190. The van der Waals surface area contributed by atoms with Crippen molar-refractivity contribution in [2.75, 3.05) is 0 Å². The van der Waals surface area contributed by atoms with Gasteiger partial charge in [-0.25, -0.2) is 0 Å². The zero-order valence-electron chi connectivity index (χ0n) is 13.5. The molecule has 0 radical (unpaired) electrons. The number of nitrogens with zero attached hydrogens (tertiary/aromatic N) is 3. The number of aryl methyl sites for hydroxylation is 2. The number of thiazole rings is 1. The van der Waals surface area contributed by atoms with Crippen LogP contribution in [0.4, 0.5) is 5.88 Å². The molecule has 0 saturated carbocycles. The molecule has 0 aliphatic carbocycles. The largest absolute Gasteiger partial charge is 0.433 e. The summed E-state index contributed by atoms with van der Waals surface area (Å²) in [7, 11) is 0. The minimum Gasteiger partial charge on any atom is -0.395 e. The van der Waals surface area contributed by atoms with Crippen LogP contribution >= 0.6 is 11.3 Å². The normalized spacial score (nSPS) is 11.6. The van der Waals surface area contributed by atoms with Crippen molar-refractivity contribution in [1.29, 1.82) is 0 Å². The van der Waals surface area contributed by atoms with Crippen molar-refractivity contribution in [3.8, 4) is 12.3 Å². The monoisotopic (exact) mass is 355 g/mol. The van der Waals surface area contributed by atoms with Gasteiger partial charge in [0.15, 0.2) is 4.80 Å². The Kier molecular flexibility index (Phi) is 4.25. The van der Waals surface area contributed by atoms with Gasteiger partial charge in [-0.1, -0.05) is 23.3 Å². The van der Waals surface area contributed by atoms with E-state index in [9.17, 15) is 14.9 Å². The fraction of sp³-hybridized carbons (Fsp3) is 0.176. The van der Waals surface area contributed by atoms with Crippen LogP contribution in [0.1, 0.15) is 21.7 Å². The molecular formula is C17H13N3O4S. The number of hydrogen-bond acceptors (Lipinski definition) is 5. The lowest BCUT2D eigenvalue weighted by molar-refractivity contribution is -0.402. The maximum absolute atomic E-state index is 12.3. The molecule has 0 unspecified atom stereocenters. The quantitative estimate of drug-likeness (QED) is 0.410. The first-order chi connectivity index (χ1) is 11.9. The van der Waals surface area contributed by atoms with E-state index in [2.05, 4.69) is 10.9 Å². The van der Waals surface area contributed by atoms with E-state index >= 15 is 0 Å². The topological polar surface area (TPSA) is 90.6 Å². The van der Waals surface area contributed by atoms with Gasteiger partial charge in [0, 0.05) is 0 Å². The van der Waals surface area contributed by atoms with Crippen LogP contribution in [0.5, 0.6) is 0 Å². The summed E-state index contributed by atoms with van der Waals surface area (Å²) in [5.74, 6) is 1.18. The summed E-state index contributed by atoms with van der Waals surface area (Å²) in [6, 6.07) is 6.39. The lowest BCUT2D eigenvalue weighted by Gasteiger charge is -2.04. The summed E-state index contributed by atoms with van der Waals surface area (Å²) in [6.45, 7) is 4.21. The fourth-order valence-corrected chi connectivity index (χ4v) is 3.80. The highest BCUT2D eigenvalue weighted by molar-refractivity contribution is 7.16. The van der Waals surface area contributed by atoms with Crippen molar-refractivity contribution >= 4 is 33.3 Å². The Hall–Kier alpha value is -3.18. The Morgan fingerprint density at radius 2 is 2.20 bits per heavy atom. The number of aromatic nitrogens is 1. The van der Waals surface area contributed by atoms with Crippen molar-refractivity contribution < 1.29 is 14.1 Å². The van der Waals surface area contributed by atoms with E-state index < -0.39 is 16.7 Å². The summed E-state index contributed by atoms with van der Waals surface area (Å²) in [4.78, 5) is 26.7. The van der Waals surface area contributed by atoms with Gasteiger partial charge in [0.05, 0.1) is 22.8 Å². The molecule has 0 aliphatic heterocycles. The second kappa shape index (κ2) is 6.37. The second-order valence-electron chi connectivity index (χ2n) is 5.42. The third-order valence-electron chi connectivity index (χ3n) is 3.54. The third kappa shape index (κ3) is 3.09. The first-order valence-corrected chi connectivity index (χ1v) is 8.09. The van der Waals surface area contributed by atoms with E-state index in [0.29, 0.717) is 4.80 Å². The van der Waals surface area contributed by atoms with E-state index in [0.717, 1.165) is 27.4 Å². The lowest BCUT2D eigenvalue weighted by atomic mass is 10.1. The Bertz CT molecular complexity index is 1110.